The molecule has 2 rings (SSSR count). The molecule has 1 aliphatic heterocycles. The van der Waals surface area contributed by atoms with E-state index in [1.54, 1.807) is 0 Å². The van der Waals surface area contributed by atoms with Gasteiger partial charge >= 0.3 is 0 Å². The normalized spacial score (nSPS) is 20.2. The van der Waals surface area contributed by atoms with Crippen molar-refractivity contribution in [3.8, 4) is 0 Å². The fraction of sp³-hybridized carbons (Fsp3) is 0.647. The van der Waals surface area contributed by atoms with E-state index in [2.05, 4.69) is 71.2 Å². The van der Waals surface area contributed by atoms with Crippen molar-refractivity contribution in [3.05, 3.63) is 34.3 Å². The number of nitrogens with one attached hydrogen (secondary N) is 1. The van der Waals surface area contributed by atoms with Gasteiger partial charge in [0.15, 0.2) is 0 Å². The van der Waals surface area contributed by atoms with Gasteiger partial charge in [-0.15, -0.1) is 0 Å². The lowest BCUT2D eigenvalue weighted by Crippen LogP contribution is -2.40. The first-order valence-electron chi connectivity index (χ1n) is 7.77. The predicted molar refractivity (Wildman–Crippen MR) is 90.1 cm³/mol. The monoisotopic (exact) mass is 338 g/mol. The number of benzene rings is 1. The summed E-state index contributed by atoms with van der Waals surface area (Å²) in [7, 11) is 0. The Kier molecular flexibility index (Phi) is 5.65. The summed E-state index contributed by atoms with van der Waals surface area (Å²) in [5.41, 5.74) is 1.78. The molecule has 3 heteroatoms. The number of likely N-dealkylation sites (tertiary alicyclic amines) is 1. The quantitative estimate of drug-likeness (QED) is 0.828. The Labute approximate surface area is 132 Å². The zero-order chi connectivity index (χ0) is 14.6. The van der Waals surface area contributed by atoms with Crippen LogP contribution in [0.3, 0.4) is 0 Å². The molecule has 1 aliphatic rings. The van der Waals surface area contributed by atoms with E-state index in [1.807, 2.05) is 0 Å². The summed E-state index contributed by atoms with van der Waals surface area (Å²) < 4.78 is 1.15. The molecule has 0 spiro atoms. The Morgan fingerprint density at radius 1 is 1.30 bits per heavy atom. The van der Waals surface area contributed by atoms with Crippen molar-refractivity contribution in [2.24, 2.45) is 0 Å². The van der Waals surface area contributed by atoms with E-state index in [4.69, 9.17) is 0 Å². The topological polar surface area (TPSA) is 15.3 Å². The van der Waals surface area contributed by atoms with Crippen LogP contribution in [0.2, 0.25) is 0 Å². The molecule has 1 fully saturated rings. The largest absolute Gasteiger partial charge is 0.310 e. The summed E-state index contributed by atoms with van der Waals surface area (Å²) in [5.74, 6) is 0. The van der Waals surface area contributed by atoms with E-state index >= 15 is 0 Å². The number of rotatable bonds is 6. The zero-order valence-electron chi connectivity index (χ0n) is 13.0. The first-order valence-corrected chi connectivity index (χ1v) is 8.56. The van der Waals surface area contributed by atoms with Crippen LogP contribution < -0.4 is 5.32 Å². The number of hydrogen-bond acceptors (Lipinski definition) is 2. The maximum Gasteiger partial charge on any atom is 0.0332 e. The van der Waals surface area contributed by atoms with Gasteiger partial charge in [0, 0.05) is 22.6 Å². The fourth-order valence-corrected chi connectivity index (χ4v) is 3.46. The summed E-state index contributed by atoms with van der Waals surface area (Å²) in [6.07, 6.45) is 3.85. The van der Waals surface area contributed by atoms with Crippen molar-refractivity contribution in [2.75, 3.05) is 19.6 Å². The van der Waals surface area contributed by atoms with Crippen LogP contribution in [-0.2, 0) is 0 Å². The molecule has 0 radical (unpaired) electrons. The van der Waals surface area contributed by atoms with Gasteiger partial charge in [0.25, 0.3) is 0 Å². The van der Waals surface area contributed by atoms with E-state index in [0.29, 0.717) is 11.6 Å². The average molecular weight is 339 g/mol. The van der Waals surface area contributed by atoms with Crippen molar-refractivity contribution in [1.82, 2.24) is 10.2 Å². The highest BCUT2D eigenvalue weighted by atomic mass is 79.9. The highest BCUT2D eigenvalue weighted by Crippen LogP contribution is 2.29. The third-order valence-corrected chi connectivity index (χ3v) is 5.01. The van der Waals surface area contributed by atoms with Gasteiger partial charge in [-0.25, -0.2) is 0 Å². The second-order valence-electron chi connectivity index (χ2n) is 6.35. The van der Waals surface area contributed by atoms with Gasteiger partial charge in [-0.1, -0.05) is 35.0 Å². The van der Waals surface area contributed by atoms with E-state index in [0.717, 1.165) is 11.0 Å². The van der Waals surface area contributed by atoms with Crippen LogP contribution in [0.15, 0.2) is 28.7 Å². The Morgan fingerprint density at radius 2 is 2.00 bits per heavy atom. The first kappa shape index (κ1) is 16.0. The third-order valence-electron chi connectivity index (χ3n) is 4.48. The Morgan fingerprint density at radius 3 is 2.55 bits per heavy atom. The molecule has 1 unspecified atom stereocenters. The van der Waals surface area contributed by atoms with Crippen molar-refractivity contribution in [2.45, 2.75) is 51.6 Å². The molecular weight excluding hydrogens is 312 g/mol. The maximum atomic E-state index is 3.63. The summed E-state index contributed by atoms with van der Waals surface area (Å²) in [5, 5.41) is 3.63. The van der Waals surface area contributed by atoms with Crippen LogP contribution >= 0.6 is 15.9 Å². The van der Waals surface area contributed by atoms with E-state index in [-0.39, 0.29) is 0 Å². The van der Waals surface area contributed by atoms with E-state index in [9.17, 15) is 0 Å². The minimum Gasteiger partial charge on any atom is -0.310 e. The summed E-state index contributed by atoms with van der Waals surface area (Å²) in [6, 6.07) is 9.20. The number of nitrogens with zero attached hydrogens (tertiary/aromatic N) is 1. The van der Waals surface area contributed by atoms with Crippen LogP contribution in [0.4, 0.5) is 0 Å². The summed E-state index contributed by atoms with van der Waals surface area (Å²) >= 11 is 3.51. The van der Waals surface area contributed by atoms with Gasteiger partial charge in [-0.2, -0.15) is 0 Å². The van der Waals surface area contributed by atoms with Gasteiger partial charge < -0.3 is 5.32 Å². The lowest BCUT2D eigenvalue weighted by molar-refractivity contribution is 0.166. The van der Waals surface area contributed by atoms with Gasteiger partial charge in [0.05, 0.1) is 0 Å². The Hall–Kier alpha value is -0.380. The van der Waals surface area contributed by atoms with Gasteiger partial charge in [-0.05, 0) is 63.9 Å². The molecule has 20 heavy (non-hydrogen) atoms. The van der Waals surface area contributed by atoms with Crippen molar-refractivity contribution in [3.63, 3.8) is 0 Å². The van der Waals surface area contributed by atoms with Crippen LogP contribution in [-0.4, -0.2) is 30.1 Å². The Bertz CT molecular complexity index is 414. The smallest absolute Gasteiger partial charge is 0.0332 e. The van der Waals surface area contributed by atoms with Gasteiger partial charge in [0.2, 0.25) is 0 Å². The van der Waals surface area contributed by atoms with Crippen molar-refractivity contribution in [1.29, 1.82) is 0 Å². The van der Waals surface area contributed by atoms with Crippen LogP contribution in [0.1, 0.15) is 51.6 Å². The zero-order valence-corrected chi connectivity index (χ0v) is 14.5. The molecule has 0 amide bonds. The number of halogens is 1. The lowest BCUT2D eigenvalue weighted by Gasteiger charge is -2.33. The molecule has 0 aliphatic carbocycles. The first-order chi connectivity index (χ1) is 9.53. The average Bonchev–Trinajstić information content (AvgIpc) is 2.75. The van der Waals surface area contributed by atoms with E-state index < -0.39 is 0 Å². The summed E-state index contributed by atoms with van der Waals surface area (Å²) in [6.45, 7) is 10.4. The molecule has 1 aromatic carbocycles. The van der Waals surface area contributed by atoms with Gasteiger partial charge in [-0.3, -0.25) is 4.90 Å². The van der Waals surface area contributed by atoms with Crippen LogP contribution in [0.5, 0.6) is 0 Å². The SMILES string of the molecule is CCNC(CCN1CCCC1(C)C)c1ccc(Br)cc1. The second kappa shape index (κ2) is 7.06. The molecule has 0 saturated carbocycles. The molecule has 1 atom stereocenters. The molecule has 2 nitrogen and oxygen atoms in total. The van der Waals surface area contributed by atoms with Crippen LogP contribution in [0, 0.1) is 0 Å². The fourth-order valence-electron chi connectivity index (χ4n) is 3.19. The minimum atomic E-state index is 0.385. The molecule has 0 aromatic heterocycles. The third kappa shape index (κ3) is 4.06. The van der Waals surface area contributed by atoms with E-state index in [1.165, 1.54) is 37.9 Å². The van der Waals surface area contributed by atoms with Gasteiger partial charge in [0.1, 0.15) is 0 Å². The molecule has 112 valence electrons. The van der Waals surface area contributed by atoms with Crippen molar-refractivity contribution < 1.29 is 0 Å². The molecule has 1 heterocycles. The highest BCUT2D eigenvalue weighted by molar-refractivity contribution is 9.10. The minimum absolute atomic E-state index is 0.385. The van der Waals surface area contributed by atoms with Crippen molar-refractivity contribution >= 4 is 15.9 Å². The molecule has 1 N–H and O–H groups in total. The molecule has 1 saturated heterocycles. The second-order valence-corrected chi connectivity index (χ2v) is 7.27. The standard InChI is InChI=1S/C17H27BrN2/c1-4-19-16(14-6-8-15(18)9-7-14)10-13-20-12-5-11-17(20,2)3/h6-9,16,19H,4-5,10-13H2,1-3H3. The summed E-state index contributed by atoms with van der Waals surface area (Å²) in [4.78, 5) is 2.65. The molecule has 0 bridgehead atoms. The number of hydrogen-bond donors (Lipinski definition) is 1. The van der Waals surface area contributed by atoms with Crippen LogP contribution in [0.25, 0.3) is 0 Å². The molecule has 1 aromatic rings. The maximum absolute atomic E-state index is 3.63. The lowest BCUT2D eigenvalue weighted by atomic mass is 10.00. The Balaban J connectivity index is 1.97. The highest BCUT2D eigenvalue weighted by Gasteiger charge is 2.31. The predicted octanol–water partition coefficient (Wildman–Crippen LogP) is 4.36. The molecular formula is C17H27BrN2.